The standard InChI is InChI=1S/C16H13BrClN5O3/c1-8(19)14(23(25)26)16(20)22-12-6-13(17)21-7-10(12)15(24)9-4-2-3-5-11(9)18/h2-7H,19H2,1H3,(H2,20,21,22)/b14-8+. The van der Waals surface area contributed by atoms with Crippen molar-refractivity contribution in [3.05, 3.63) is 78.8 Å². The van der Waals surface area contributed by atoms with Gasteiger partial charge < -0.3 is 11.5 Å². The molecule has 4 N–H and O–H groups in total. The van der Waals surface area contributed by atoms with Crippen LogP contribution in [0.4, 0.5) is 5.69 Å². The van der Waals surface area contributed by atoms with Gasteiger partial charge in [0, 0.05) is 11.8 Å². The average molecular weight is 439 g/mol. The van der Waals surface area contributed by atoms with Crippen LogP contribution in [-0.2, 0) is 0 Å². The van der Waals surface area contributed by atoms with Crippen molar-refractivity contribution in [1.29, 1.82) is 0 Å². The van der Waals surface area contributed by atoms with Crippen LogP contribution in [0.5, 0.6) is 0 Å². The Kier molecular flexibility index (Phi) is 6.06. The molecule has 0 atom stereocenters. The normalized spacial score (nSPS) is 12.5. The van der Waals surface area contributed by atoms with E-state index in [9.17, 15) is 14.9 Å². The van der Waals surface area contributed by atoms with Crippen LogP contribution in [0.3, 0.4) is 0 Å². The molecule has 0 bridgehead atoms. The lowest BCUT2D eigenvalue weighted by Crippen LogP contribution is -2.24. The van der Waals surface area contributed by atoms with Gasteiger partial charge in [0.25, 0.3) is 0 Å². The molecule has 1 aromatic carbocycles. The number of pyridine rings is 1. The summed E-state index contributed by atoms with van der Waals surface area (Å²) in [5.41, 5.74) is 11.0. The third kappa shape index (κ3) is 4.24. The lowest BCUT2D eigenvalue weighted by atomic mass is 10.0. The Morgan fingerprint density at radius 2 is 1.96 bits per heavy atom. The van der Waals surface area contributed by atoms with E-state index in [-0.39, 0.29) is 27.5 Å². The topological polar surface area (TPSA) is 138 Å². The SMILES string of the molecule is C/C(N)=C(/C(N)=Nc1cc(Br)ncc1C(=O)c1ccccc1Cl)[N+](=O)[O-]. The number of nitrogens with zero attached hydrogens (tertiary/aromatic N) is 3. The molecule has 1 heterocycles. The van der Waals surface area contributed by atoms with E-state index in [0.29, 0.717) is 4.60 Å². The quantitative estimate of drug-likeness (QED) is 0.184. The van der Waals surface area contributed by atoms with Gasteiger partial charge in [-0.3, -0.25) is 14.9 Å². The van der Waals surface area contributed by atoms with Crippen molar-refractivity contribution < 1.29 is 9.72 Å². The summed E-state index contributed by atoms with van der Waals surface area (Å²) in [6.07, 6.45) is 1.28. The molecule has 134 valence electrons. The summed E-state index contributed by atoms with van der Waals surface area (Å²) in [5.74, 6) is -0.875. The second-order valence-corrected chi connectivity index (χ2v) is 6.34. The van der Waals surface area contributed by atoms with E-state index in [0.717, 1.165) is 0 Å². The number of nitrogens with two attached hydrogens (primary N) is 2. The molecule has 2 rings (SSSR count). The highest BCUT2D eigenvalue weighted by atomic mass is 79.9. The highest BCUT2D eigenvalue weighted by molar-refractivity contribution is 9.10. The molecule has 0 aliphatic heterocycles. The van der Waals surface area contributed by atoms with E-state index >= 15 is 0 Å². The number of amidine groups is 1. The molecule has 10 heteroatoms. The maximum atomic E-state index is 12.8. The first kappa shape index (κ1) is 19.5. The van der Waals surface area contributed by atoms with Crippen molar-refractivity contribution >= 4 is 44.8 Å². The zero-order chi connectivity index (χ0) is 19.4. The minimum absolute atomic E-state index is 0.0848. The number of benzene rings is 1. The van der Waals surface area contributed by atoms with Gasteiger partial charge in [0.1, 0.15) is 4.60 Å². The molecule has 0 saturated carbocycles. The Hall–Kier alpha value is -2.78. The fraction of sp³-hybridized carbons (Fsp3) is 0.0625. The summed E-state index contributed by atoms with van der Waals surface area (Å²) in [6.45, 7) is 1.33. The average Bonchev–Trinajstić information content (AvgIpc) is 2.54. The first-order valence-electron chi connectivity index (χ1n) is 7.12. The van der Waals surface area contributed by atoms with E-state index < -0.39 is 22.2 Å². The molecule has 0 spiro atoms. The van der Waals surface area contributed by atoms with Crippen molar-refractivity contribution in [2.75, 3.05) is 0 Å². The smallest absolute Gasteiger partial charge is 0.329 e. The number of hydrogen-bond donors (Lipinski definition) is 2. The molecule has 2 aromatic rings. The van der Waals surface area contributed by atoms with Crippen molar-refractivity contribution in [1.82, 2.24) is 4.98 Å². The number of nitro groups is 1. The Balaban J connectivity index is 2.61. The van der Waals surface area contributed by atoms with Gasteiger partial charge in [-0.15, -0.1) is 0 Å². The van der Waals surface area contributed by atoms with Crippen LogP contribution in [0.2, 0.25) is 5.02 Å². The van der Waals surface area contributed by atoms with Crippen molar-refractivity contribution in [2.24, 2.45) is 16.5 Å². The second kappa shape index (κ2) is 8.07. The van der Waals surface area contributed by atoms with Crippen LogP contribution in [0.15, 0.2) is 57.5 Å². The number of ketones is 1. The van der Waals surface area contributed by atoms with E-state index in [1.807, 2.05) is 0 Å². The van der Waals surface area contributed by atoms with Gasteiger partial charge in [-0.1, -0.05) is 23.7 Å². The number of rotatable bonds is 5. The molecule has 0 aliphatic carbocycles. The summed E-state index contributed by atoms with van der Waals surface area (Å²) in [4.78, 5) is 31.2. The van der Waals surface area contributed by atoms with Crippen molar-refractivity contribution in [2.45, 2.75) is 6.92 Å². The summed E-state index contributed by atoms with van der Waals surface area (Å²) in [6, 6.07) is 7.89. The fourth-order valence-corrected chi connectivity index (χ4v) is 2.64. The van der Waals surface area contributed by atoms with Gasteiger partial charge in [0.15, 0.2) is 5.78 Å². The first-order chi connectivity index (χ1) is 12.2. The lowest BCUT2D eigenvalue weighted by Gasteiger charge is -2.08. The maximum Gasteiger partial charge on any atom is 0.329 e. The van der Waals surface area contributed by atoms with Gasteiger partial charge in [-0.05, 0) is 41.1 Å². The van der Waals surface area contributed by atoms with Crippen molar-refractivity contribution in [3.63, 3.8) is 0 Å². The van der Waals surface area contributed by atoms with Crippen LogP contribution in [0.1, 0.15) is 22.8 Å². The molecule has 0 saturated heterocycles. The molecule has 0 radical (unpaired) electrons. The zero-order valence-electron chi connectivity index (χ0n) is 13.4. The molecule has 0 unspecified atom stereocenters. The maximum absolute atomic E-state index is 12.8. The fourth-order valence-electron chi connectivity index (χ4n) is 2.10. The van der Waals surface area contributed by atoms with Gasteiger partial charge in [-0.2, -0.15) is 0 Å². The summed E-state index contributed by atoms with van der Waals surface area (Å²) < 4.78 is 0.371. The zero-order valence-corrected chi connectivity index (χ0v) is 15.8. The highest BCUT2D eigenvalue weighted by Crippen LogP contribution is 2.27. The van der Waals surface area contributed by atoms with Gasteiger partial charge >= 0.3 is 5.70 Å². The van der Waals surface area contributed by atoms with Crippen LogP contribution in [0, 0.1) is 10.1 Å². The van der Waals surface area contributed by atoms with Crippen molar-refractivity contribution in [3.8, 4) is 0 Å². The Morgan fingerprint density at radius 1 is 1.31 bits per heavy atom. The minimum atomic E-state index is -0.736. The Labute approximate surface area is 161 Å². The number of hydrogen-bond acceptors (Lipinski definition) is 6. The predicted molar refractivity (Wildman–Crippen MR) is 102 cm³/mol. The number of allylic oxidation sites excluding steroid dienone is 1. The van der Waals surface area contributed by atoms with E-state index in [1.165, 1.54) is 19.2 Å². The molecule has 26 heavy (non-hydrogen) atoms. The molecule has 0 aliphatic rings. The highest BCUT2D eigenvalue weighted by Gasteiger charge is 2.22. The molecule has 8 nitrogen and oxygen atoms in total. The Morgan fingerprint density at radius 3 is 2.54 bits per heavy atom. The van der Waals surface area contributed by atoms with Crippen LogP contribution >= 0.6 is 27.5 Å². The molecule has 1 aromatic heterocycles. The molecule has 0 fully saturated rings. The number of aromatic nitrogens is 1. The minimum Gasteiger partial charge on any atom is -0.397 e. The molecule has 0 amide bonds. The van der Waals surface area contributed by atoms with Gasteiger partial charge in [0.05, 0.1) is 26.9 Å². The largest absolute Gasteiger partial charge is 0.397 e. The number of carbonyl (C=O) groups is 1. The van der Waals surface area contributed by atoms with Gasteiger partial charge in [-0.25, -0.2) is 9.98 Å². The second-order valence-electron chi connectivity index (χ2n) is 5.12. The van der Waals surface area contributed by atoms with Crippen LogP contribution in [-0.4, -0.2) is 21.5 Å². The summed E-state index contributed by atoms with van der Waals surface area (Å²) in [7, 11) is 0. The summed E-state index contributed by atoms with van der Waals surface area (Å²) >= 11 is 9.24. The first-order valence-corrected chi connectivity index (χ1v) is 8.29. The number of halogens is 2. The molecular weight excluding hydrogens is 426 g/mol. The number of carbonyl (C=O) groups excluding carboxylic acids is 1. The number of aliphatic imine (C=N–C) groups is 1. The third-order valence-electron chi connectivity index (χ3n) is 3.25. The predicted octanol–water partition coefficient (Wildman–Crippen LogP) is 3.18. The van der Waals surface area contributed by atoms with Gasteiger partial charge in [0.2, 0.25) is 5.84 Å². The lowest BCUT2D eigenvalue weighted by molar-refractivity contribution is -0.416. The monoisotopic (exact) mass is 437 g/mol. The van der Waals surface area contributed by atoms with E-state index in [1.54, 1.807) is 24.3 Å². The van der Waals surface area contributed by atoms with E-state index in [2.05, 4.69) is 25.9 Å². The summed E-state index contributed by atoms with van der Waals surface area (Å²) in [5, 5.41) is 11.4. The van der Waals surface area contributed by atoms with Crippen LogP contribution in [0.25, 0.3) is 0 Å². The van der Waals surface area contributed by atoms with E-state index in [4.69, 9.17) is 23.1 Å². The molecular formula is C16H13BrClN5O3. The third-order valence-corrected chi connectivity index (χ3v) is 4.01. The van der Waals surface area contributed by atoms with Crippen LogP contribution < -0.4 is 11.5 Å². The Bertz CT molecular complexity index is 955.